The number of hydrogen-bond donors (Lipinski definition) is 1. The molecule has 0 saturated carbocycles. The van der Waals surface area contributed by atoms with E-state index in [1.165, 1.54) is 29.3 Å². The highest BCUT2D eigenvalue weighted by atomic mass is 19.1. The smallest absolute Gasteiger partial charge is 0.330 e. The number of esters is 1. The molecule has 194 valence electrons. The van der Waals surface area contributed by atoms with Gasteiger partial charge < -0.3 is 14.6 Å². The van der Waals surface area contributed by atoms with Crippen LogP contribution in [0.1, 0.15) is 69.7 Å². The fraction of sp³-hybridized carbons (Fsp3) is 0.344. The summed E-state index contributed by atoms with van der Waals surface area (Å²) in [6, 6.07) is 15.7. The van der Waals surface area contributed by atoms with Gasteiger partial charge in [-0.2, -0.15) is 0 Å². The van der Waals surface area contributed by atoms with E-state index < -0.39 is 5.97 Å². The van der Waals surface area contributed by atoms with Gasteiger partial charge in [0.05, 0.1) is 6.61 Å². The fourth-order valence-corrected chi connectivity index (χ4v) is 4.89. The summed E-state index contributed by atoms with van der Waals surface area (Å²) < 4.78 is 24.8. The summed E-state index contributed by atoms with van der Waals surface area (Å²) >= 11 is 0. The third-order valence-corrected chi connectivity index (χ3v) is 7.27. The maximum atomic E-state index is 13.4. The first kappa shape index (κ1) is 26.5. The zero-order chi connectivity index (χ0) is 26.8. The van der Waals surface area contributed by atoms with Crippen molar-refractivity contribution >= 4 is 12.0 Å². The van der Waals surface area contributed by atoms with E-state index in [0.717, 1.165) is 29.5 Å². The van der Waals surface area contributed by atoms with Gasteiger partial charge in [0.2, 0.25) is 0 Å². The van der Waals surface area contributed by atoms with Crippen molar-refractivity contribution < 1.29 is 23.8 Å². The molecule has 3 aromatic rings. The van der Waals surface area contributed by atoms with Crippen molar-refractivity contribution in [3.8, 4) is 22.6 Å². The number of halogens is 1. The molecule has 1 aliphatic carbocycles. The zero-order valence-electron chi connectivity index (χ0n) is 22.2. The van der Waals surface area contributed by atoms with Crippen molar-refractivity contribution in [2.75, 3.05) is 6.61 Å². The average Bonchev–Trinajstić information content (AvgIpc) is 2.86. The standard InChI is InChI=1S/C32H35FO4/c1-6-36-30(35)14-10-21-9-13-28(34)24(17-21)25-18-26-27(32(4,5)16-15-31(26,2)3)19-29(25)37-20-22-7-11-23(33)12-8-22/h7-14,17-19,34H,6,15-16,20H2,1-5H3/b14-10+. The van der Waals surface area contributed by atoms with Crippen molar-refractivity contribution in [1.29, 1.82) is 0 Å². The van der Waals surface area contributed by atoms with Crippen molar-refractivity contribution in [2.24, 2.45) is 0 Å². The lowest BCUT2D eigenvalue weighted by atomic mass is 9.62. The lowest BCUT2D eigenvalue weighted by molar-refractivity contribution is -0.137. The highest BCUT2D eigenvalue weighted by Crippen LogP contribution is 2.50. The first-order valence-electron chi connectivity index (χ1n) is 12.7. The van der Waals surface area contributed by atoms with E-state index in [1.54, 1.807) is 37.3 Å². The van der Waals surface area contributed by atoms with Crippen LogP contribution in [0.3, 0.4) is 0 Å². The summed E-state index contributed by atoms with van der Waals surface area (Å²) in [4.78, 5) is 11.8. The molecule has 5 heteroatoms. The van der Waals surface area contributed by atoms with Gasteiger partial charge in [-0.1, -0.05) is 45.9 Å². The van der Waals surface area contributed by atoms with Crippen LogP contribution in [-0.2, 0) is 27.0 Å². The van der Waals surface area contributed by atoms with Crippen LogP contribution >= 0.6 is 0 Å². The van der Waals surface area contributed by atoms with Gasteiger partial charge in [-0.15, -0.1) is 0 Å². The zero-order valence-corrected chi connectivity index (χ0v) is 22.2. The molecule has 3 aromatic carbocycles. The van der Waals surface area contributed by atoms with Crippen LogP contribution < -0.4 is 4.74 Å². The van der Waals surface area contributed by atoms with Crippen molar-refractivity contribution in [3.63, 3.8) is 0 Å². The Bertz CT molecular complexity index is 1320. The van der Waals surface area contributed by atoms with Gasteiger partial charge in [0.1, 0.15) is 23.9 Å². The molecular formula is C32H35FO4. The summed E-state index contributed by atoms with van der Waals surface area (Å²) in [7, 11) is 0. The minimum Gasteiger partial charge on any atom is -0.507 e. The lowest BCUT2D eigenvalue weighted by Crippen LogP contribution is -2.33. The summed E-state index contributed by atoms with van der Waals surface area (Å²) in [5, 5.41) is 10.9. The van der Waals surface area contributed by atoms with Gasteiger partial charge >= 0.3 is 5.97 Å². The topological polar surface area (TPSA) is 55.8 Å². The second-order valence-electron chi connectivity index (χ2n) is 10.9. The van der Waals surface area contributed by atoms with Crippen LogP contribution in [0.15, 0.2) is 60.7 Å². The molecule has 0 saturated heterocycles. The quantitative estimate of drug-likeness (QED) is 0.266. The second kappa shape index (κ2) is 10.4. The highest BCUT2D eigenvalue weighted by molar-refractivity contribution is 5.88. The minimum atomic E-state index is -0.418. The average molecular weight is 503 g/mol. The molecule has 1 N–H and O–H groups in total. The van der Waals surface area contributed by atoms with Gasteiger partial charge in [0.15, 0.2) is 0 Å². The molecule has 0 spiro atoms. The molecule has 0 aromatic heterocycles. The Hall–Kier alpha value is -3.60. The third kappa shape index (κ3) is 5.87. The molecule has 0 unspecified atom stereocenters. The van der Waals surface area contributed by atoms with Crippen LogP contribution in [-0.4, -0.2) is 17.7 Å². The number of phenolic OH excluding ortho intramolecular Hbond substituents is 1. The minimum absolute atomic E-state index is 0.0242. The van der Waals surface area contributed by atoms with Gasteiger partial charge in [0.25, 0.3) is 0 Å². The first-order valence-corrected chi connectivity index (χ1v) is 12.7. The Morgan fingerprint density at radius 3 is 2.24 bits per heavy atom. The molecule has 0 radical (unpaired) electrons. The lowest BCUT2D eigenvalue weighted by Gasteiger charge is -2.42. The monoisotopic (exact) mass is 502 g/mol. The van der Waals surface area contributed by atoms with Gasteiger partial charge in [-0.05, 0) is 95.3 Å². The highest BCUT2D eigenvalue weighted by Gasteiger charge is 2.38. The molecule has 0 fully saturated rings. The number of hydrogen-bond acceptors (Lipinski definition) is 4. The van der Waals surface area contributed by atoms with E-state index in [9.17, 15) is 14.3 Å². The number of carbonyl (C=O) groups excluding carboxylic acids is 1. The molecule has 0 amide bonds. The molecule has 4 nitrogen and oxygen atoms in total. The molecule has 4 rings (SSSR count). The largest absolute Gasteiger partial charge is 0.507 e. The number of benzene rings is 3. The normalized spacial score (nSPS) is 15.8. The molecule has 0 atom stereocenters. The number of rotatable bonds is 7. The summed E-state index contributed by atoms with van der Waals surface area (Å²) in [6.45, 7) is 11.3. The van der Waals surface area contributed by atoms with E-state index in [0.29, 0.717) is 17.9 Å². The Balaban J connectivity index is 1.83. The van der Waals surface area contributed by atoms with E-state index >= 15 is 0 Å². The third-order valence-electron chi connectivity index (χ3n) is 7.27. The second-order valence-corrected chi connectivity index (χ2v) is 10.9. The van der Waals surface area contributed by atoms with E-state index in [-0.39, 0.29) is 29.0 Å². The maximum absolute atomic E-state index is 13.4. The van der Waals surface area contributed by atoms with Crippen molar-refractivity contribution in [1.82, 2.24) is 0 Å². The number of ether oxygens (including phenoxy) is 2. The predicted octanol–water partition coefficient (Wildman–Crippen LogP) is 7.70. The van der Waals surface area contributed by atoms with E-state index in [1.807, 2.05) is 6.07 Å². The van der Waals surface area contributed by atoms with Crippen LogP contribution in [0.25, 0.3) is 17.2 Å². The first-order chi connectivity index (χ1) is 17.5. The van der Waals surface area contributed by atoms with Crippen molar-refractivity contribution in [3.05, 3.63) is 88.7 Å². The Labute approximate surface area is 218 Å². The molecular weight excluding hydrogens is 467 g/mol. The van der Waals surface area contributed by atoms with Gasteiger partial charge in [-0.25, -0.2) is 9.18 Å². The molecule has 0 bridgehead atoms. The Morgan fingerprint density at radius 1 is 0.946 bits per heavy atom. The van der Waals surface area contributed by atoms with E-state index in [2.05, 4.69) is 39.8 Å². The molecule has 0 aliphatic heterocycles. The fourth-order valence-electron chi connectivity index (χ4n) is 4.89. The Kier molecular flexibility index (Phi) is 7.44. The number of aromatic hydroxyl groups is 1. The summed E-state index contributed by atoms with van der Waals surface area (Å²) in [5.41, 5.74) is 5.40. The molecule has 37 heavy (non-hydrogen) atoms. The summed E-state index contributed by atoms with van der Waals surface area (Å²) in [6.07, 6.45) is 5.16. The van der Waals surface area contributed by atoms with Crippen LogP contribution in [0, 0.1) is 5.82 Å². The van der Waals surface area contributed by atoms with Gasteiger partial charge in [0, 0.05) is 17.2 Å². The SMILES string of the molecule is CCOC(=O)/C=C/c1ccc(O)c(-c2cc3c(cc2OCc2ccc(F)cc2)C(C)(C)CCC3(C)C)c1. The predicted molar refractivity (Wildman–Crippen MR) is 145 cm³/mol. The number of carbonyl (C=O) groups is 1. The number of phenols is 1. The van der Waals surface area contributed by atoms with Crippen LogP contribution in [0.2, 0.25) is 0 Å². The van der Waals surface area contributed by atoms with E-state index in [4.69, 9.17) is 9.47 Å². The molecule has 0 heterocycles. The van der Waals surface area contributed by atoms with Crippen LogP contribution in [0.4, 0.5) is 4.39 Å². The summed E-state index contributed by atoms with van der Waals surface area (Å²) in [5.74, 6) is 0.0569. The van der Waals surface area contributed by atoms with Crippen LogP contribution in [0.5, 0.6) is 11.5 Å². The molecule has 1 aliphatic rings. The number of fused-ring (bicyclic) bond motifs is 1. The van der Waals surface area contributed by atoms with Gasteiger partial charge in [-0.3, -0.25) is 0 Å². The maximum Gasteiger partial charge on any atom is 0.330 e. The van der Waals surface area contributed by atoms with Crippen molar-refractivity contribution in [2.45, 2.75) is 64.9 Å². The Morgan fingerprint density at radius 2 is 1.59 bits per heavy atom.